The average Bonchev–Trinajstić information content (AvgIpc) is 2.94. The smallest absolute Gasteiger partial charge is 0.251 e. The highest BCUT2D eigenvalue weighted by Gasteiger charge is 2.31. The Kier molecular flexibility index (Phi) is 9.12. The van der Waals surface area contributed by atoms with Crippen LogP contribution in [0.15, 0.2) is 36.4 Å². The summed E-state index contributed by atoms with van der Waals surface area (Å²) < 4.78 is 0. The van der Waals surface area contributed by atoms with Crippen LogP contribution in [0.2, 0.25) is 5.02 Å². The van der Waals surface area contributed by atoms with Gasteiger partial charge in [0.15, 0.2) is 0 Å². The summed E-state index contributed by atoms with van der Waals surface area (Å²) in [6, 6.07) is 10.9. The molecular weight excluding hydrogens is 436 g/mol. The molecule has 0 unspecified atom stereocenters. The lowest BCUT2D eigenvalue weighted by molar-refractivity contribution is -0.133. The van der Waals surface area contributed by atoms with Gasteiger partial charge in [0.1, 0.15) is 0 Å². The Morgan fingerprint density at radius 3 is 2.67 bits per heavy atom. The fourth-order valence-corrected chi connectivity index (χ4v) is 4.75. The first kappa shape index (κ1) is 25.5. The van der Waals surface area contributed by atoms with Gasteiger partial charge in [-0.2, -0.15) is 0 Å². The number of rotatable bonds is 9. The lowest BCUT2D eigenvalue weighted by Crippen LogP contribution is -2.50. The van der Waals surface area contributed by atoms with Gasteiger partial charge in [-0.05, 0) is 66.3 Å². The zero-order valence-electron chi connectivity index (χ0n) is 19.9. The highest BCUT2D eigenvalue weighted by Crippen LogP contribution is 2.21. The van der Waals surface area contributed by atoms with Gasteiger partial charge in [0.25, 0.3) is 5.91 Å². The van der Waals surface area contributed by atoms with Gasteiger partial charge in [-0.15, -0.1) is 0 Å². The molecule has 0 radical (unpaired) electrons. The Bertz CT molecular complexity index is 964. The highest BCUT2D eigenvalue weighted by atomic mass is 35.5. The number of benzene rings is 2. The molecule has 4 N–H and O–H groups in total. The Labute approximate surface area is 202 Å². The molecule has 0 spiro atoms. The van der Waals surface area contributed by atoms with Crippen LogP contribution in [0.1, 0.15) is 50.4 Å². The van der Waals surface area contributed by atoms with Gasteiger partial charge in [0.05, 0.1) is 6.04 Å². The number of amides is 2. The summed E-state index contributed by atoms with van der Waals surface area (Å²) in [5, 5.41) is 9.15. The number of nitrogens with zero attached hydrogens (tertiary/aromatic N) is 1. The van der Waals surface area contributed by atoms with Crippen LogP contribution in [0.5, 0.6) is 0 Å². The van der Waals surface area contributed by atoms with Crippen molar-refractivity contribution in [2.24, 2.45) is 17.6 Å². The molecule has 1 heterocycles. The molecule has 0 aliphatic carbocycles. The standard InChI is InChI=1S/C26H37ClN4O2/c1-4-18(17(2)3)16-31-12-10-23(30-24(9-11-28)26(31)33)15-29-25(32)21-6-5-20-14-22(27)8-7-19(20)13-21/h5-8,13-14,17-18,23-24,30H,4,9-12,15-16,28H2,1-3H3,(H,29,32)/t18-,23+,24+/m0/s1. The molecule has 2 aromatic rings. The summed E-state index contributed by atoms with van der Waals surface area (Å²) in [5.41, 5.74) is 6.41. The fraction of sp³-hybridized carbons (Fsp3) is 0.538. The van der Waals surface area contributed by atoms with Gasteiger partial charge < -0.3 is 21.3 Å². The molecule has 3 atom stereocenters. The normalized spacial score (nSPS) is 20.2. The van der Waals surface area contributed by atoms with Crippen LogP contribution in [-0.2, 0) is 4.79 Å². The lowest BCUT2D eigenvalue weighted by atomic mass is 9.92. The highest BCUT2D eigenvalue weighted by molar-refractivity contribution is 6.31. The molecule has 1 saturated heterocycles. The predicted molar refractivity (Wildman–Crippen MR) is 135 cm³/mol. The number of hydrogen-bond acceptors (Lipinski definition) is 4. The average molecular weight is 473 g/mol. The molecule has 6 nitrogen and oxygen atoms in total. The van der Waals surface area contributed by atoms with E-state index in [1.807, 2.05) is 41.3 Å². The summed E-state index contributed by atoms with van der Waals surface area (Å²) in [6.45, 7) is 8.98. The zero-order chi connectivity index (χ0) is 24.0. The van der Waals surface area contributed by atoms with E-state index in [1.54, 1.807) is 0 Å². The van der Waals surface area contributed by atoms with Crippen LogP contribution >= 0.6 is 11.6 Å². The second kappa shape index (κ2) is 11.8. The minimum Gasteiger partial charge on any atom is -0.350 e. The molecule has 33 heavy (non-hydrogen) atoms. The van der Waals surface area contributed by atoms with Crippen LogP contribution in [0, 0.1) is 11.8 Å². The monoisotopic (exact) mass is 472 g/mol. The molecule has 1 aliphatic heterocycles. The second-order valence-corrected chi connectivity index (χ2v) is 9.83. The van der Waals surface area contributed by atoms with E-state index in [0.29, 0.717) is 48.5 Å². The van der Waals surface area contributed by atoms with Gasteiger partial charge in [0, 0.05) is 36.3 Å². The van der Waals surface area contributed by atoms with Gasteiger partial charge >= 0.3 is 0 Å². The van der Waals surface area contributed by atoms with E-state index >= 15 is 0 Å². The molecule has 0 bridgehead atoms. The van der Waals surface area contributed by atoms with Crippen molar-refractivity contribution in [2.75, 3.05) is 26.2 Å². The van der Waals surface area contributed by atoms with Crippen molar-refractivity contribution in [3.05, 3.63) is 47.0 Å². The van der Waals surface area contributed by atoms with Crippen molar-refractivity contribution >= 4 is 34.2 Å². The molecule has 7 heteroatoms. The maximum Gasteiger partial charge on any atom is 0.251 e. The van der Waals surface area contributed by atoms with Gasteiger partial charge in [-0.1, -0.05) is 50.9 Å². The molecule has 0 saturated carbocycles. The molecule has 2 amide bonds. The largest absolute Gasteiger partial charge is 0.350 e. The van der Waals surface area contributed by atoms with Crippen molar-refractivity contribution < 1.29 is 9.59 Å². The number of nitrogens with one attached hydrogen (secondary N) is 2. The third-order valence-electron chi connectivity index (χ3n) is 6.75. The first-order valence-electron chi connectivity index (χ1n) is 12.0. The van der Waals surface area contributed by atoms with E-state index in [-0.39, 0.29) is 23.9 Å². The number of nitrogens with two attached hydrogens (primary N) is 1. The maximum absolute atomic E-state index is 13.2. The Balaban J connectivity index is 1.64. The third-order valence-corrected chi connectivity index (χ3v) is 6.98. The van der Waals surface area contributed by atoms with Crippen molar-refractivity contribution in [3.63, 3.8) is 0 Å². The van der Waals surface area contributed by atoms with Crippen LogP contribution in [-0.4, -0.2) is 55.0 Å². The number of carbonyl (C=O) groups excluding carboxylic acids is 2. The number of fused-ring (bicyclic) bond motifs is 1. The van der Waals surface area contributed by atoms with Crippen molar-refractivity contribution in [2.45, 2.75) is 52.1 Å². The SMILES string of the molecule is CC[C@@H](CN1CC[C@H](CNC(=O)c2ccc3cc(Cl)ccc3c2)N[C@H](CCN)C1=O)C(C)C. The molecule has 1 aliphatic rings. The summed E-state index contributed by atoms with van der Waals surface area (Å²) in [6.07, 6.45) is 2.43. The molecule has 0 aromatic heterocycles. The molecule has 2 aromatic carbocycles. The van der Waals surface area contributed by atoms with E-state index in [2.05, 4.69) is 31.4 Å². The Morgan fingerprint density at radius 2 is 1.97 bits per heavy atom. The first-order valence-corrected chi connectivity index (χ1v) is 12.4. The van der Waals surface area contributed by atoms with E-state index in [0.717, 1.165) is 30.2 Å². The van der Waals surface area contributed by atoms with Crippen molar-refractivity contribution in [3.8, 4) is 0 Å². The molecule has 180 valence electrons. The zero-order valence-corrected chi connectivity index (χ0v) is 20.7. The van der Waals surface area contributed by atoms with Crippen LogP contribution in [0.4, 0.5) is 0 Å². The van der Waals surface area contributed by atoms with E-state index in [1.165, 1.54) is 0 Å². The van der Waals surface area contributed by atoms with Crippen LogP contribution in [0.25, 0.3) is 10.8 Å². The minimum absolute atomic E-state index is 0.0119. The minimum atomic E-state index is -0.311. The van der Waals surface area contributed by atoms with E-state index in [9.17, 15) is 9.59 Å². The first-order chi connectivity index (χ1) is 15.8. The number of hydrogen-bond donors (Lipinski definition) is 3. The molecule has 1 fully saturated rings. The Morgan fingerprint density at radius 1 is 1.24 bits per heavy atom. The van der Waals surface area contributed by atoms with Gasteiger partial charge in [0.2, 0.25) is 5.91 Å². The second-order valence-electron chi connectivity index (χ2n) is 9.40. The number of halogens is 1. The molecular formula is C26H37ClN4O2. The van der Waals surface area contributed by atoms with Crippen LogP contribution in [0.3, 0.4) is 0 Å². The summed E-state index contributed by atoms with van der Waals surface area (Å²) in [4.78, 5) is 28.0. The lowest BCUT2D eigenvalue weighted by Gasteiger charge is -2.30. The van der Waals surface area contributed by atoms with Gasteiger partial charge in [-0.3, -0.25) is 9.59 Å². The molecule has 3 rings (SSSR count). The quantitative estimate of drug-likeness (QED) is 0.517. The van der Waals surface area contributed by atoms with Crippen LogP contribution < -0.4 is 16.4 Å². The topological polar surface area (TPSA) is 87.5 Å². The number of carbonyl (C=O) groups is 2. The van der Waals surface area contributed by atoms with E-state index in [4.69, 9.17) is 17.3 Å². The van der Waals surface area contributed by atoms with Gasteiger partial charge in [-0.25, -0.2) is 0 Å². The maximum atomic E-state index is 13.2. The summed E-state index contributed by atoms with van der Waals surface area (Å²) >= 11 is 6.05. The summed E-state index contributed by atoms with van der Waals surface area (Å²) in [7, 11) is 0. The van der Waals surface area contributed by atoms with Crippen molar-refractivity contribution in [1.29, 1.82) is 0 Å². The Hall–Kier alpha value is -2.15. The fourth-order valence-electron chi connectivity index (χ4n) is 4.57. The van der Waals surface area contributed by atoms with E-state index < -0.39 is 0 Å². The van der Waals surface area contributed by atoms with Crippen molar-refractivity contribution in [1.82, 2.24) is 15.5 Å². The predicted octanol–water partition coefficient (Wildman–Crippen LogP) is 3.81. The summed E-state index contributed by atoms with van der Waals surface area (Å²) in [5.74, 6) is 1.01. The third kappa shape index (κ3) is 6.69.